The second kappa shape index (κ2) is 7.92. The molecule has 2 aromatic rings. The molecule has 0 radical (unpaired) electrons. The first-order valence-corrected chi connectivity index (χ1v) is 10.0. The lowest BCUT2D eigenvalue weighted by Crippen LogP contribution is -2.12. The van der Waals surface area contributed by atoms with Gasteiger partial charge in [-0.3, -0.25) is 9.42 Å². The Morgan fingerprint density at radius 3 is 1.52 bits per heavy atom. The fourth-order valence-electron chi connectivity index (χ4n) is 1.64. The molecule has 13 heteroatoms. The molecule has 0 aliphatic carbocycles. The number of hydrogen-bond acceptors (Lipinski definition) is 6. The second-order valence-electron chi connectivity index (χ2n) is 4.87. The van der Waals surface area contributed by atoms with E-state index in [-0.39, 0.29) is 17.2 Å². The molecule has 0 aliphatic rings. The lowest BCUT2D eigenvalue weighted by molar-refractivity contribution is -0.0646. The first kappa shape index (κ1) is 21.3. The van der Waals surface area contributed by atoms with Gasteiger partial charge >= 0.3 is 21.3 Å². The summed E-state index contributed by atoms with van der Waals surface area (Å²) in [6.07, 6.45) is 0. The quantitative estimate of drug-likeness (QED) is 0.611. The summed E-state index contributed by atoms with van der Waals surface area (Å²) in [6, 6.07) is 9.98. The van der Waals surface area contributed by atoms with Crippen molar-refractivity contribution in [1.29, 1.82) is 0 Å². The first-order valence-electron chi connectivity index (χ1n) is 6.97. The minimum Gasteiger partial charge on any atom is -0.457 e. The highest BCUT2D eigenvalue weighted by atomic mass is 31.2. The fourth-order valence-corrected chi connectivity index (χ4v) is 2.61. The molecular formula is C14H13F3O8P2. The molecule has 0 amide bonds. The lowest BCUT2D eigenvalue weighted by Gasteiger charge is -2.15. The van der Waals surface area contributed by atoms with Crippen molar-refractivity contribution in [2.24, 2.45) is 0 Å². The Labute approximate surface area is 151 Å². The molecule has 27 heavy (non-hydrogen) atoms. The van der Waals surface area contributed by atoms with Crippen molar-refractivity contribution in [3.63, 3.8) is 0 Å². The van der Waals surface area contributed by atoms with Crippen molar-refractivity contribution < 1.29 is 50.4 Å². The number of hydrogen-bond donors (Lipinski definition) is 2. The van der Waals surface area contributed by atoms with E-state index in [1.807, 2.05) is 0 Å². The predicted octanol–water partition coefficient (Wildman–Crippen LogP) is 4.69. The number of phosphoric acid groups is 1. The minimum absolute atomic E-state index is 0.0460. The van der Waals surface area contributed by atoms with E-state index >= 15 is 0 Å². The molecule has 0 saturated carbocycles. The Morgan fingerprint density at radius 2 is 1.15 bits per heavy atom. The summed E-state index contributed by atoms with van der Waals surface area (Å²) in [5.41, 5.74) is 0. The minimum atomic E-state index is -5.81. The van der Waals surface area contributed by atoms with Gasteiger partial charge in [0.05, 0.1) is 0 Å². The Kier molecular flexibility index (Phi) is 6.24. The Morgan fingerprint density at radius 1 is 0.778 bits per heavy atom. The molecule has 0 heterocycles. The van der Waals surface area contributed by atoms with Gasteiger partial charge in [0.1, 0.15) is 23.0 Å². The summed E-state index contributed by atoms with van der Waals surface area (Å²) in [6.45, 7) is 0. The molecule has 2 rings (SSSR count). The normalized spacial score (nSPS) is 16.1. The first-order chi connectivity index (χ1) is 12.4. The van der Waals surface area contributed by atoms with Crippen LogP contribution >= 0.6 is 15.4 Å². The van der Waals surface area contributed by atoms with E-state index in [2.05, 4.69) is 9.05 Å². The number of alkyl halides is 3. The lowest BCUT2D eigenvalue weighted by atomic mass is 10.3. The highest BCUT2D eigenvalue weighted by Gasteiger charge is 2.54. The van der Waals surface area contributed by atoms with Crippen molar-refractivity contribution >= 4 is 15.4 Å². The summed E-state index contributed by atoms with van der Waals surface area (Å²) < 4.78 is 77.8. The summed E-state index contributed by atoms with van der Waals surface area (Å²) in [5, 5.41) is 0. The maximum Gasteiger partial charge on any atom is 0.527 e. The summed E-state index contributed by atoms with van der Waals surface area (Å²) in [4.78, 5) is 18.0. The maximum absolute atomic E-state index is 12.3. The highest BCUT2D eigenvalue weighted by molar-refractivity contribution is 7.54. The average molecular weight is 428 g/mol. The van der Waals surface area contributed by atoms with Crippen LogP contribution in [0.15, 0.2) is 48.5 Å². The van der Waals surface area contributed by atoms with Gasteiger partial charge < -0.3 is 18.7 Å². The summed E-state index contributed by atoms with van der Waals surface area (Å²) >= 11 is 0. The van der Waals surface area contributed by atoms with E-state index < -0.39 is 27.1 Å². The molecular weight excluding hydrogens is 415 g/mol. The SMILES string of the molecule is COP(=O)(O)Oc1ccc(Oc2ccc(OP(=O)(O)C(F)(F)F)cc2)cc1. The molecule has 2 N–H and O–H groups in total. The van der Waals surface area contributed by atoms with Crippen LogP contribution in [0.1, 0.15) is 0 Å². The molecule has 0 aromatic heterocycles. The number of rotatable bonds is 7. The monoisotopic (exact) mass is 428 g/mol. The van der Waals surface area contributed by atoms with Crippen LogP contribution in [0.5, 0.6) is 23.0 Å². The third kappa shape index (κ3) is 5.98. The number of ether oxygens (including phenoxy) is 1. The van der Waals surface area contributed by atoms with Crippen LogP contribution in [0, 0.1) is 0 Å². The van der Waals surface area contributed by atoms with Gasteiger partial charge in [0, 0.05) is 7.11 Å². The Bertz CT molecular complexity index is 867. The summed E-state index contributed by atoms with van der Waals surface area (Å²) in [5.74, 6) is -5.34. The average Bonchev–Trinajstić information content (AvgIpc) is 2.57. The van der Waals surface area contributed by atoms with Crippen molar-refractivity contribution in [2.45, 2.75) is 5.92 Å². The molecule has 148 valence electrons. The van der Waals surface area contributed by atoms with Crippen LogP contribution in [-0.4, -0.2) is 22.8 Å². The Balaban J connectivity index is 2.02. The molecule has 0 saturated heterocycles. The van der Waals surface area contributed by atoms with Gasteiger partial charge in [-0.05, 0) is 48.5 Å². The van der Waals surface area contributed by atoms with E-state index in [9.17, 15) is 27.2 Å². The topological polar surface area (TPSA) is 112 Å². The molecule has 0 bridgehead atoms. The molecule has 2 unspecified atom stereocenters. The number of halogens is 3. The van der Waals surface area contributed by atoms with E-state index in [4.69, 9.17) is 14.2 Å². The second-order valence-corrected chi connectivity index (χ2v) is 8.08. The maximum atomic E-state index is 12.3. The highest BCUT2D eigenvalue weighted by Crippen LogP contribution is 2.57. The van der Waals surface area contributed by atoms with Crippen molar-refractivity contribution in [1.82, 2.24) is 0 Å². The van der Waals surface area contributed by atoms with Crippen LogP contribution in [0.2, 0.25) is 0 Å². The van der Waals surface area contributed by atoms with Crippen molar-refractivity contribution in [3.05, 3.63) is 48.5 Å². The molecule has 8 nitrogen and oxygen atoms in total. The van der Waals surface area contributed by atoms with Crippen molar-refractivity contribution in [2.75, 3.05) is 7.11 Å². The van der Waals surface area contributed by atoms with Gasteiger partial charge in [-0.25, -0.2) is 9.13 Å². The zero-order chi connectivity index (χ0) is 20.3. The van der Waals surface area contributed by atoms with Gasteiger partial charge in [0.15, 0.2) is 0 Å². The van der Waals surface area contributed by atoms with E-state index in [0.29, 0.717) is 0 Å². The largest absolute Gasteiger partial charge is 0.527 e. The standard InChI is InChI=1S/C14H13F3O8P2/c1-22-27(20,21)25-13-8-4-11(5-9-13)23-10-2-6-12(7-3-10)24-26(18,19)14(15,16)17/h2-9H,1H3,(H,18,19)(H,20,21). The molecule has 0 fully saturated rings. The zero-order valence-corrected chi connectivity index (χ0v) is 15.3. The van der Waals surface area contributed by atoms with Crippen LogP contribution < -0.4 is 13.8 Å². The summed E-state index contributed by atoms with van der Waals surface area (Å²) in [7, 11) is -8.99. The molecule has 0 aliphatic heterocycles. The Hall–Kier alpha value is -2.03. The van der Waals surface area contributed by atoms with Gasteiger partial charge in [0.25, 0.3) is 0 Å². The fraction of sp³-hybridized carbons (Fsp3) is 0.143. The van der Waals surface area contributed by atoms with Crippen LogP contribution in [-0.2, 0) is 13.7 Å². The molecule has 0 spiro atoms. The van der Waals surface area contributed by atoms with Gasteiger partial charge in [0.2, 0.25) is 0 Å². The van der Waals surface area contributed by atoms with Crippen LogP contribution in [0.3, 0.4) is 0 Å². The third-order valence-electron chi connectivity index (χ3n) is 2.88. The van der Waals surface area contributed by atoms with Crippen molar-refractivity contribution in [3.8, 4) is 23.0 Å². The smallest absolute Gasteiger partial charge is 0.457 e. The van der Waals surface area contributed by atoms with Gasteiger partial charge in [-0.15, -0.1) is 0 Å². The zero-order valence-electron chi connectivity index (χ0n) is 13.5. The van der Waals surface area contributed by atoms with Crippen LogP contribution in [0.25, 0.3) is 0 Å². The van der Waals surface area contributed by atoms with Gasteiger partial charge in [-0.2, -0.15) is 13.2 Å². The van der Waals surface area contributed by atoms with E-state index in [0.717, 1.165) is 19.2 Å². The third-order valence-corrected chi connectivity index (χ3v) is 4.89. The number of benzene rings is 2. The molecule has 2 atom stereocenters. The van der Waals surface area contributed by atoms with E-state index in [1.54, 1.807) is 0 Å². The van der Waals surface area contributed by atoms with Gasteiger partial charge in [-0.1, -0.05) is 0 Å². The number of phosphoric ester groups is 1. The molecule has 2 aromatic carbocycles. The van der Waals surface area contributed by atoms with E-state index in [1.165, 1.54) is 36.4 Å². The van der Waals surface area contributed by atoms with Crippen LogP contribution in [0.4, 0.5) is 13.2 Å². The predicted molar refractivity (Wildman–Crippen MR) is 86.9 cm³/mol.